The van der Waals surface area contributed by atoms with Gasteiger partial charge in [-0.25, -0.2) is 23.5 Å². The number of aromatic carboxylic acids is 1. The number of nitrogens with two attached hydrogens (primary N) is 1. The number of carbonyl (C=O) groups excluding carboxylic acids is 1. The number of halogens is 4. The number of aromatic nitrogens is 4. The quantitative estimate of drug-likeness (QED) is 0.156. The summed E-state index contributed by atoms with van der Waals surface area (Å²) in [6.07, 6.45) is 8.24. The minimum Gasteiger partial charge on any atom is -0.478 e. The van der Waals surface area contributed by atoms with Gasteiger partial charge < -0.3 is 16.2 Å². The van der Waals surface area contributed by atoms with E-state index in [9.17, 15) is 18.4 Å². The summed E-state index contributed by atoms with van der Waals surface area (Å²) in [4.78, 5) is 37.4. The van der Waals surface area contributed by atoms with Gasteiger partial charge in [-0.15, -0.1) is 0 Å². The number of carbonyl (C=O) groups is 2. The molecule has 4 N–H and O–H groups in total. The molecule has 4 aromatic heterocycles. The van der Waals surface area contributed by atoms with Crippen molar-refractivity contribution in [2.75, 3.05) is 11.1 Å². The highest BCUT2D eigenvalue weighted by atomic mass is 35.5. The average Bonchev–Trinajstić information content (AvgIpc) is 3.08. The van der Waals surface area contributed by atoms with E-state index in [0.29, 0.717) is 11.4 Å². The molecule has 1 amide bonds. The molecule has 0 saturated carbocycles. The van der Waals surface area contributed by atoms with Gasteiger partial charge in [-0.05, 0) is 35.4 Å². The van der Waals surface area contributed by atoms with Gasteiger partial charge in [0.05, 0.1) is 47.3 Å². The topological polar surface area (TPSA) is 144 Å². The Balaban J connectivity index is 0.000000176. The van der Waals surface area contributed by atoms with Crippen LogP contribution in [0.15, 0.2) is 122 Å². The van der Waals surface area contributed by atoms with Crippen molar-refractivity contribution in [3.05, 3.63) is 155 Å². The first-order valence-corrected chi connectivity index (χ1v) is 14.3. The van der Waals surface area contributed by atoms with Crippen LogP contribution in [0.2, 0.25) is 10.3 Å². The van der Waals surface area contributed by atoms with E-state index in [-0.39, 0.29) is 15.9 Å². The first kappa shape index (κ1) is 34.1. The van der Waals surface area contributed by atoms with Crippen LogP contribution >= 0.6 is 23.2 Å². The molecule has 0 spiro atoms. The summed E-state index contributed by atoms with van der Waals surface area (Å²) in [7, 11) is 0. The molecule has 13 heteroatoms. The smallest absolute Gasteiger partial charge is 0.338 e. The molecule has 6 aromatic rings. The molecule has 6 rings (SSSR count). The number of rotatable bonds is 5. The summed E-state index contributed by atoms with van der Waals surface area (Å²) in [5.74, 6) is -3.59. The third kappa shape index (κ3) is 9.60. The SMILES string of the molecule is Nc1cnccc1-c1ccccc1.O=C(Nc1cnccc1-c1ccccc1)c1cc(Cl)ncc1F.O=C(O)c1cc(Cl)ncc1F. The van der Waals surface area contributed by atoms with Crippen molar-refractivity contribution in [3.8, 4) is 22.3 Å². The van der Waals surface area contributed by atoms with Crippen LogP contribution < -0.4 is 11.1 Å². The molecule has 0 unspecified atom stereocenters. The average molecular weight is 674 g/mol. The van der Waals surface area contributed by atoms with E-state index in [1.54, 1.807) is 24.7 Å². The number of carboxylic acids is 1. The standard InChI is InChI=1S/C17H11ClFN3O.C11H10N2.C6H3ClFNO2/c18-16-8-13(14(19)9-21-16)17(23)22-15-10-20-7-6-12(15)11-4-2-1-3-5-11;12-11-8-13-7-6-10(11)9-4-2-1-3-5-9;7-5-1-3(6(10)11)4(8)2-9-5/h1-10H,(H,22,23);1-8H,12H2;1-2H,(H,10,11). The third-order valence-electron chi connectivity index (χ3n) is 6.21. The molecule has 0 aliphatic rings. The zero-order valence-corrected chi connectivity index (χ0v) is 25.7. The maximum atomic E-state index is 13.7. The van der Waals surface area contributed by atoms with Crippen LogP contribution in [0.3, 0.4) is 0 Å². The Morgan fingerprint density at radius 1 is 0.681 bits per heavy atom. The Morgan fingerprint density at radius 2 is 1.17 bits per heavy atom. The molecule has 0 saturated heterocycles. The lowest BCUT2D eigenvalue weighted by Gasteiger charge is -2.11. The van der Waals surface area contributed by atoms with Gasteiger partial charge in [0, 0.05) is 23.5 Å². The zero-order valence-electron chi connectivity index (χ0n) is 24.2. The van der Waals surface area contributed by atoms with Crippen molar-refractivity contribution in [3.63, 3.8) is 0 Å². The number of pyridine rings is 4. The number of carboxylic acid groups (broad SMARTS) is 1. The lowest BCUT2D eigenvalue weighted by Crippen LogP contribution is -2.15. The predicted molar refractivity (Wildman–Crippen MR) is 177 cm³/mol. The van der Waals surface area contributed by atoms with E-state index < -0.39 is 29.1 Å². The van der Waals surface area contributed by atoms with Crippen LogP contribution in [-0.4, -0.2) is 36.9 Å². The fourth-order valence-electron chi connectivity index (χ4n) is 4.00. The molecule has 4 heterocycles. The lowest BCUT2D eigenvalue weighted by atomic mass is 10.1. The minimum absolute atomic E-state index is 0.0381. The van der Waals surface area contributed by atoms with E-state index in [1.807, 2.05) is 66.7 Å². The molecule has 9 nitrogen and oxygen atoms in total. The summed E-state index contributed by atoms with van der Waals surface area (Å²) in [6.45, 7) is 0. The highest BCUT2D eigenvalue weighted by Gasteiger charge is 2.15. The zero-order chi connectivity index (χ0) is 33.8. The van der Waals surface area contributed by atoms with Crippen molar-refractivity contribution in [2.24, 2.45) is 0 Å². The molecule has 0 fully saturated rings. The van der Waals surface area contributed by atoms with Gasteiger partial charge >= 0.3 is 5.97 Å². The number of anilines is 2. The Kier molecular flexibility index (Phi) is 12.0. The summed E-state index contributed by atoms with van der Waals surface area (Å²) in [5, 5.41) is 11.0. The number of amides is 1. The predicted octanol–water partition coefficient (Wildman–Crippen LogP) is 8.09. The fraction of sp³-hybridized carbons (Fsp3) is 0. The van der Waals surface area contributed by atoms with E-state index in [4.69, 9.17) is 34.0 Å². The molecular weight excluding hydrogens is 649 g/mol. The molecule has 0 atom stereocenters. The Bertz CT molecular complexity index is 1990. The first-order chi connectivity index (χ1) is 22.6. The van der Waals surface area contributed by atoms with Crippen LogP contribution in [0, 0.1) is 11.6 Å². The fourth-order valence-corrected chi connectivity index (χ4v) is 4.32. The maximum absolute atomic E-state index is 13.7. The Morgan fingerprint density at radius 3 is 1.70 bits per heavy atom. The van der Waals surface area contributed by atoms with Crippen LogP contribution in [0.25, 0.3) is 22.3 Å². The number of nitrogens with one attached hydrogen (secondary N) is 1. The van der Waals surface area contributed by atoms with E-state index in [1.165, 1.54) is 12.3 Å². The summed E-state index contributed by atoms with van der Waals surface area (Å²) >= 11 is 11.0. The van der Waals surface area contributed by atoms with Crippen molar-refractivity contribution in [1.82, 2.24) is 19.9 Å². The molecule has 0 aliphatic carbocycles. The van der Waals surface area contributed by atoms with Gasteiger partial charge in [0.2, 0.25) is 0 Å². The van der Waals surface area contributed by atoms with Crippen molar-refractivity contribution >= 4 is 46.5 Å². The summed E-state index contributed by atoms with van der Waals surface area (Å²) in [5.41, 5.74) is 10.2. The number of nitrogen functional groups attached to an aromatic ring is 1. The van der Waals surface area contributed by atoms with Gasteiger partial charge in [-0.1, -0.05) is 83.9 Å². The van der Waals surface area contributed by atoms with Gasteiger partial charge in [0.25, 0.3) is 5.91 Å². The molecule has 236 valence electrons. The van der Waals surface area contributed by atoms with Crippen LogP contribution in [-0.2, 0) is 0 Å². The first-order valence-electron chi connectivity index (χ1n) is 13.5. The second-order valence-corrected chi connectivity index (χ2v) is 10.1. The van der Waals surface area contributed by atoms with Gasteiger partial charge in [0.1, 0.15) is 10.3 Å². The van der Waals surface area contributed by atoms with E-state index in [0.717, 1.165) is 40.7 Å². The van der Waals surface area contributed by atoms with Gasteiger partial charge in [-0.2, -0.15) is 0 Å². The summed E-state index contributed by atoms with van der Waals surface area (Å²) in [6, 6.07) is 25.4. The Labute approximate surface area is 277 Å². The highest BCUT2D eigenvalue weighted by molar-refractivity contribution is 6.30. The van der Waals surface area contributed by atoms with Crippen molar-refractivity contribution in [2.45, 2.75) is 0 Å². The van der Waals surface area contributed by atoms with Crippen molar-refractivity contribution < 1.29 is 23.5 Å². The van der Waals surface area contributed by atoms with Crippen LogP contribution in [0.4, 0.5) is 20.2 Å². The number of hydrogen-bond donors (Lipinski definition) is 3. The summed E-state index contributed by atoms with van der Waals surface area (Å²) < 4.78 is 26.3. The van der Waals surface area contributed by atoms with Crippen LogP contribution in [0.5, 0.6) is 0 Å². The van der Waals surface area contributed by atoms with E-state index >= 15 is 0 Å². The molecular formula is C34H24Cl2F2N6O3. The van der Waals surface area contributed by atoms with Gasteiger partial charge in [-0.3, -0.25) is 14.8 Å². The lowest BCUT2D eigenvalue weighted by molar-refractivity contribution is 0.0691. The number of hydrogen-bond acceptors (Lipinski definition) is 7. The highest BCUT2D eigenvalue weighted by Crippen LogP contribution is 2.27. The third-order valence-corrected chi connectivity index (χ3v) is 6.62. The largest absolute Gasteiger partial charge is 0.478 e. The number of benzene rings is 2. The maximum Gasteiger partial charge on any atom is 0.338 e. The monoisotopic (exact) mass is 672 g/mol. The normalized spacial score (nSPS) is 10.0. The molecule has 0 radical (unpaired) electrons. The van der Waals surface area contributed by atoms with Crippen LogP contribution in [0.1, 0.15) is 20.7 Å². The van der Waals surface area contributed by atoms with Crippen molar-refractivity contribution in [1.29, 1.82) is 0 Å². The molecule has 2 aromatic carbocycles. The minimum atomic E-state index is -1.35. The second-order valence-electron chi connectivity index (χ2n) is 9.35. The molecule has 47 heavy (non-hydrogen) atoms. The Hall–Kier alpha value is -5.78. The number of nitrogens with zero attached hydrogens (tertiary/aromatic N) is 4. The van der Waals surface area contributed by atoms with Gasteiger partial charge in [0.15, 0.2) is 11.6 Å². The second kappa shape index (κ2) is 16.5. The van der Waals surface area contributed by atoms with E-state index in [2.05, 4.69) is 25.3 Å². The molecule has 0 bridgehead atoms. The molecule has 0 aliphatic heterocycles.